The Balaban J connectivity index is 2.46. The molecule has 0 aliphatic carbocycles. The van der Waals surface area contributed by atoms with Crippen molar-refractivity contribution in [3.05, 3.63) is 34.9 Å². The highest BCUT2D eigenvalue weighted by Gasteiger charge is 2.20. The molecule has 3 nitrogen and oxygen atoms in total. The van der Waals surface area contributed by atoms with Gasteiger partial charge in [0.1, 0.15) is 0 Å². The topological polar surface area (TPSA) is 37.4 Å². The van der Waals surface area contributed by atoms with E-state index in [9.17, 15) is 9.00 Å². The Kier molecular flexibility index (Phi) is 3.43. The molecular weight excluding hydrogens is 234 g/mol. The Morgan fingerprint density at radius 3 is 2.82 bits per heavy atom. The second-order valence-electron chi connectivity index (χ2n) is 4.36. The molecule has 17 heavy (non-hydrogen) atoms. The first-order valence-electron chi connectivity index (χ1n) is 5.63. The molecule has 1 aliphatic heterocycles. The van der Waals surface area contributed by atoms with Crippen molar-refractivity contribution in [3.8, 4) is 0 Å². The SMILES string of the molecule is CC(=O)N1CCc2cc(C)ccc2C(=S=O)C1. The van der Waals surface area contributed by atoms with Gasteiger partial charge in [-0.25, -0.2) is 4.21 Å². The third-order valence-corrected chi connectivity index (χ3v) is 3.64. The number of aryl methyl sites for hydroxylation is 1. The Hall–Kier alpha value is -1.42. The van der Waals surface area contributed by atoms with Gasteiger partial charge in [0.05, 0.1) is 22.7 Å². The molecule has 0 aromatic heterocycles. The van der Waals surface area contributed by atoms with Crippen LogP contribution in [-0.2, 0) is 22.5 Å². The van der Waals surface area contributed by atoms with Crippen LogP contribution in [0.5, 0.6) is 0 Å². The zero-order valence-corrected chi connectivity index (χ0v) is 10.8. The molecule has 1 aromatic carbocycles. The predicted octanol–water partition coefficient (Wildman–Crippen LogP) is 1.13. The second-order valence-corrected chi connectivity index (χ2v) is 5.02. The fourth-order valence-electron chi connectivity index (χ4n) is 2.13. The number of carbonyl (C=O) groups is 1. The van der Waals surface area contributed by atoms with Crippen molar-refractivity contribution in [3.63, 3.8) is 0 Å². The third kappa shape index (κ3) is 2.47. The maximum atomic E-state index is 11.4. The zero-order chi connectivity index (χ0) is 12.4. The fraction of sp³-hybridized carbons (Fsp3) is 0.385. The minimum atomic E-state index is 0.0288. The summed E-state index contributed by atoms with van der Waals surface area (Å²) in [5.74, 6) is 0.0288. The van der Waals surface area contributed by atoms with E-state index < -0.39 is 0 Å². The van der Waals surface area contributed by atoms with E-state index in [-0.39, 0.29) is 5.91 Å². The van der Waals surface area contributed by atoms with E-state index in [2.05, 4.69) is 6.07 Å². The van der Waals surface area contributed by atoms with Crippen molar-refractivity contribution in [1.82, 2.24) is 4.90 Å². The zero-order valence-electron chi connectivity index (χ0n) is 10.0. The summed E-state index contributed by atoms with van der Waals surface area (Å²) in [5, 5.41) is 0. The normalized spacial score (nSPS) is 15.2. The average Bonchev–Trinajstić information content (AvgIpc) is 2.47. The van der Waals surface area contributed by atoms with Gasteiger partial charge >= 0.3 is 0 Å². The van der Waals surface area contributed by atoms with Crippen molar-refractivity contribution in [1.29, 1.82) is 0 Å². The van der Waals surface area contributed by atoms with Gasteiger partial charge in [0, 0.05) is 13.5 Å². The quantitative estimate of drug-likeness (QED) is 0.646. The molecule has 0 saturated carbocycles. The minimum Gasteiger partial charge on any atom is -0.337 e. The van der Waals surface area contributed by atoms with Crippen molar-refractivity contribution >= 4 is 22.0 Å². The van der Waals surface area contributed by atoms with Crippen LogP contribution in [0.3, 0.4) is 0 Å². The first-order valence-corrected chi connectivity index (χ1v) is 6.37. The molecule has 0 bridgehead atoms. The molecule has 0 N–H and O–H groups in total. The summed E-state index contributed by atoms with van der Waals surface area (Å²) < 4.78 is 11.2. The Morgan fingerprint density at radius 1 is 1.41 bits per heavy atom. The lowest BCUT2D eigenvalue weighted by Gasteiger charge is -2.17. The van der Waals surface area contributed by atoms with E-state index in [4.69, 9.17) is 0 Å². The molecule has 1 amide bonds. The summed E-state index contributed by atoms with van der Waals surface area (Å²) in [4.78, 5) is 13.9. The summed E-state index contributed by atoms with van der Waals surface area (Å²) in [6.07, 6.45) is 0.820. The van der Waals surface area contributed by atoms with Gasteiger partial charge in [-0.05, 0) is 24.5 Å². The highest BCUT2D eigenvalue weighted by molar-refractivity contribution is 7.67. The third-order valence-electron chi connectivity index (χ3n) is 3.09. The maximum Gasteiger partial charge on any atom is 0.219 e. The molecule has 0 unspecified atom stereocenters. The second kappa shape index (κ2) is 4.84. The first kappa shape index (κ1) is 12.0. The standard InChI is InChI=1S/C13H15NO2S/c1-9-3-4-12-11(7-9)5-6-14(10(2)15)8-13(12)17-16/h3-4,7H,5-6,8H2,1-2H3. The van der Waals surface area contributed by atoms with Gasteiger partial charge in [-0.1, -0.05) is 23.8 Å². The highest BCUT2D eigenvalue weighted by Crippen LogP contribution is 2.17. The van der Waals surface area contributed by atoms with Crippen LogP contribution < -0.4 is 0 Å². The van der Waals surface area contributed by atoms with Crippen molar-refractivity contribution in [2.75, 3.05) is 13.1 Å². The van der Waals surface area contributed by atoms with Gasteiger partial charge in [-0.15, -0.1) is 0 Å². The van der Waals surface area contributed by atoms with Crippen LogP contribution in [-0.4, -0.2) is 33.0 Å². The minimum absolute atomic E-state index is 0.0288. The van der Waals surface area contributed by atoms with Crippen molar-refractivity contribution < 1.29 is 9.00 Å². The van der Waals surface area contributed by atoms with Gasteiger partial charge in [0.25, 0.3) is 0 Å². The van der Waals surface area contributed by atoms with Crippen LogP contribution in [0.1, 0.15) is 23.6 Å². The predicted molar refractivity (Wildman–Crippen MR) is 69.4 cm³/mol. The summed E-state index contributed by atoms with van der Waals surface area (Å²) in [5.41, 5.74) is 3.38. The van der Waals surface area contributed by atoms with Crippen molar-refractivity contribution in [2.45, 2.75) is 20.3 Å². The van der Waals surface area contributed by atoms with Crippen LogP contribution in [0.15, 0.2) is 18.2 Å². The highest BCUT2D eigenvalue weighted by atomic mass is 32.1. The van der Waals surface area contributed by atoms with E-state index in [0.29, 0.717) is 24.3 Å². The van der Waals surface area contributed by atoms with Crippen LogP contribution in [0.2, 0.25) is 0 Å². The first-order chi connectivity index (χ1) is 8.11. The number of hydrogen-bond acceptors (Lipinski definition) is 2. The van der Waals surface area contributed by atoms with Crippen LogP contribution in [0.4, 0.5) is 0 Å². The molecule has 0 spiro atoms. The van der Waals surface area contributed by atoms with E-state index in [0.717, 1.165) is 16.8 Å². The molecule has 4 heteroatoms. The summed E-state index contributed by atoms with van der Waals surface area (Å²) in [6, 6.07) is 6.11. The molecule has 90 valence electrons. The maximum absolute atomic E-state index is 11.4. The molecule has 0 radical (unpaired) electrons. The van der Waals surface area contributed by atoms with E-state index in [1.165, 1.54) is 11.1 Å². The summed E-state index contributed by atoms with van der Waals surface area (Å²) >= 11 is 0.502. The fourth-order valence-corrected chi connectivity index (χ4v) is 2.63. The van der Waals surface area contributed by atoms with Gasteiger partial charge in [0.2, 0.25) is 5.91 Å². The number of rotatable bonds is 0. The number of carbonyl (C=O) groups excluding carboxylic acids is 1. The van der Waals surface area contributed by atoms with Crippen LogP contribution >= 0.6 is 0 Å². The monoisotopic (exact) mass is 249 g/mol. The number of nitrogens with zero attached hydrogens (tertiary/aromatic N) is 1. The summed E-state index contributed by atoms with van der Waals surface area (Å²) in [6.45, 7) is 4.72. The molecule has 0 saturated heterocycles. The Bertz CT molecular complexity index is 518. The van der Waals surface area contributed by atoms with Gasteiger partial charge < -0.3 is 4.90 Å². The van der Waals surface area contributed by atoms with E-state index in [1.807, 2.05) is 19.1 Å². The van der Waals surface area contributed by atoms with Gasteiger partial charge in [-0.3, -0.25) is 4.79 Å². The number of fused-ring (bicyclic) bond motifs is 1. The smallest absolute Gasteiger partial charge is 0.219 e. The van der Waals surface area contributed by atoms with Crippen LogP contribution in [0, 0.1) is 6.92 Å². The summed E-state index contributed by atoms with van der Waals surface area (Å²) in [7, 11) is 0. The molecule has 0 atom stereocenters. The van der Waals surface area contributed by atoms with Gasteiger partial charge in [0.15, 0.2) is 0 Å². The largest absolute Gasteiger partial charge is 0.337 e. The van der Waals surface area contributed by atoms with Gasteiger partial charge in [-0.2, -0.15) is 0 Å². The molecule has 2 rings (SSSR count). The lowest BCUT2D eigenvalue weighted by Crippen LogP contribution is -2.33. The molecular formula is C13H15NO2S. The lowest BCUT2D eigenvalue weighted by molar-refractivity contribution is -0.128. The Labute approximate surface area is 105 Å². The Morgan fingerprint density at radius 2 is 2.18 bits per heavy atom. The average molecular weight is 249 g/mol. The molecule has 1 aromatic rings. The number of amides is 1. The molecule has 1 heterocycles. The van der Waals surface area contributed by atoms with Crippen LogP contribution in [0.25, 0.3) is 0 Å². The lowest BCUT2D eigenvalue weighted by atomic mass is 10.0. The number of benzene rings is 1. The van der Waals surface area contributed by atoms with E-state index in [1.54, 1.807) is 11.8 Å². The molecule has 0 fully saturated rings. The van der Waals surface area contributed by atoms with Crippen molar-refractivity contribution in [2.24, 2.45) is 0 Å². The molecule has 1 aliphatic rings. The number of hydrogen-bond donors (Lipinski definition) is 0. The van der Waals surface area contributed by atoms with E-state index >= 15 is 0 Å².